The third-order valence-corrected chi connectivity index (χ3v) is 6.73. The summed E-state index contributed by atoms with van der Waals surface area (Å²) in [5.41, 5.74) is 0.998. The molecule has 2 rings (SSSR count). The zero-order valence-corrected chi connectivity index (χ0v) is 14.7. The van der Waals surface area contributed by atoms with Gasteiger partial charge >= 0.3 is 0 Å². The predicted octanol–water partition coefficient (Wildman–Crippen LogP) is 1.27. The van der Waals surface area contributed by atoms with Crippen LogP contribution < -0.4 is 5.32 Å². The Morgan fingerprint density at radius 2 is 1.83 bits per heavy atom. The number of rotatable bonds is 7. The van der Waals surface area contributed by atoms with Crippen LogP contribution in [-0.2, 0) is 14.6 Å². The van der Waals surface area contributed by atoms with Crippen LogP contribution in [0.1, 0.15) is 18.9 Å². The molecule has 0 saturated carbocycles. The summed E-state index contributed by atoms with van der Waals surface area (Å²) in [4.78, 5) is 14.0. The average molecular weight is 338 g/mol. The van der Waals surface area contributed by atoms with E-state index >= 15 is 0 Å². The highest BCUT2D eigenvalue weighted by molar-refractivity contribution is 7.92. The van der Waals surface area contributed by atoms with E-state index in [1.807, 2.05) is 13.8 Å². The fourth-order valence-electron chi connectivity index (χ4n) is 2.88. The van der Waals surface area contributed by atoms with Crippen molar-refractivity contribution in [3.8, 4) is 0 Å². The quantitative estimate of drug-likeness (QED) is 0.759. The van der Waals surface area contributed by atoms with Gasteiger partial charge in [0.15, 0.2) is 9.84 Å². The molecule has 1 aliphatic rings. The molecule has 6 heteroatoms. The summed E-state index contributed by atoms with van der Waals surface area (Å²) < 4.78 is 25.4. The maximum absolute atomic E-state index is 12.7. The minimum absolute atomic E-state index is 0.200. The van der Waals surface area contributed by atoms with Crippen LogP contribution in [0.15, 0.2) is 29.2 Å². The molecule has 0 spiro atoms. The van der Waals surface area contributed by atoms with Crippen LogP contribution in [0.2, 0.25) is 0 Å². The highest BCUT2D eigenvalue weighted by Crippen LogP contribution is 2.23. The number of nitrogens with one attached hydrogen (secondary N) is 1. The molecule has 128 valence electrons. The first-order chi connectivity index (χ1) is 10.9. The molecule has 0 aliphatic carbocycles. The van der Waals surface area contributed by atoms with Crippen molar-refractivity contribution >= 4 is 16.1 Å². The van der Waals surface area contributed by atoms with E-state index in [0.29, 0.717) is 12.7 Å². The van der Waals surface area contributed by atoms with Crippen molar-refractivity contribution in [1.82, 2.24) is 10.2 Å². The van der Waals surface area contributed by atoms with E-state index in [0.717, 1.165) is 38.3 Å². The Balaban J connectivity index is 2.04. The van der Waals surface area contributed by atoms with Gasteiger partial charge in [-0.05, 0) is 37.9 Å². The molecule has 0 radical (unpaired) electrons. The number of aryl methyl sites for hydroxylation is 1. The van der Waals surface area contributed by atoms with E-state index in [2.05, 4.69) is 10.2 Å². The molecule has 0 aromatic heterocycles. The van der Waals surface area contributed by atoms with E-state index in [9.17, 15) is 13.2 Å². The van der Waals surface area contributed by atoms with Crippen molar-refractivity contribution in [2.75, 3.05) is 32.7 Å². The van der Waals surface area contributed by atoms with Gasteiger partial charge in [0.2, 0.25) is 0 Å². The molecule has 1 aromatic carbocycles. The Hall–Kier alpha value is -1.24. The number of carbonyl (C=O) groups excluding carboxylic acids is 1. The number of piperazine rings is 1. The topological polar surface area (TPSA) is 66.5 Å². The first kappa shape index (κ1) is 18.1. The average Bonchev–Trinajstić information content (AvgIpc) is 2.54. The van der Waals surface area contributed by atoms with Crippen molar-refractivity contribution in [3.63, 3.8) is 0 Å². The van der Waals surface area contributed by atoms with Crippen LogP contribution in [0.25, 0.3) is 0 Å². The van der Waals surface area contributed by atoms with Crippen molar-refractivity contribution in [1.29, 1.82) is 0 Å². The van der Waals surface area contributed by atoms with E-state index in [-0.39, 0.29) is 10.8 Å². The molecule has 23 heavy (non-hydrogen) atoms. The molecule has 2 atom stereocenters. The van der Waals surface area contributed by atoms with Gasteiger partial charge in [-0.2, -0.15) is 0 Å². The van der Waals surface area contributed by atoms with Gasteiger partial charge in [-0.15, -0.1) is 0 Å². The fraction of sp³-hybridized carbons (Fsp3) is 0.588. The fourth-order valence-corrected chi connectivity index (χ4v) is 4.61. The summed E-state index contributed by atoms with van der Waals surface area (Å²) in [6.45, 7) is 8.47. The monoisotopic (exact) mass is 338 g/mol. The van der Waals surface area contributed by atoms with Gasteiger partial charge in [-0.25, -0.2) is 8.42 Å². The van der Waals surface area contributed by atoms with E-state index in [1.165, 1.54) is 0 Å². The SMILES string of the molecule is Cc1ccc(S(=O)(=O)C(C=O)C(C)CCN2CCNCC2)cc1. The van der Waals surface area contributed by atoms with Gasteiger partial charge in [0.25, 0.3) is 0 Å². The number of hydrogen-bond donors (Lipinski definition) is 1. The summed E-state index contributed by atoms with van der Waals surface area (Å²) in [5.74, 6) is -0.200. The van der Waals surface area contributed by atoms with Crippen molar-refractivity contribution < 1.29 is 13.2 Å². The van der Waals surface area contributed by atoms with Crippen LogP contribution in [0, 0.1) is 12.8 Å². The van der Waals surface area contributed by atoms with E-state index < -0.39 is 15.1 Å². The molecular weight excluding hydrogens is 312 g/mol. The Morgan fingerprint density at radius 1 is 1.22 bits per heavy atom. The number of hydrogen-bond acceptors (Lipinski definition) is 5. The number of benzene rings is 1. The smallest absolute Gasteiger partial charge is 0.188 e. The molecule has 1 aliphatic heterocycles. The lowest BCUT2D eigenvalue weighted by molar-refractivity contribution is -0.108. The maximum atomic E-state index is 12.7. The second-order valence-corrected chi connectivity index (χ2v) is 8.42. The molecule has 2 unspecified atom stereocenters. The second kappa shape index (κ2) is 8.04. The minimum Gasteiger partial charge on any atom is -0.314 e. The van der Waals surface area contributed by atoms with Crippen molar-refractivity contribution in [3.05, 3.63) is 29.8 Å². The number of sulfone groups is 1. The lowest BCUT2D eigenvalue weighted by Gasteiger charge is -2.29. The van der Waals surface area contributed by atoms with Gasteiger partial charge < -0.3 is 15.0 Å². The van der Waals surface area contributed by atoms with Crippen molar-refractivity contribution in [2.45, 2.75) is 30.4 Å². The highest BCUT2D eigenvalue weighted by Gasteiger charge is 2.32. The number of nitrogens with zero attached hydrogens (tertiary/aromatic N) is 1. The molecule has 1 N–H and O–H groups in total. The predicted molar refractivity (Wildman–Crippen MR) is 91.3 cm³/mol. The standard InChI is InChI=1S/C17H26N2O3S/c1-14-3-5-16(6-4-14)23(21,22)17(13-20)15(2)7-10-19-11-8-18-9-12-19/h3-6,13,15,17-18H,7-12H2,1-2H3. The van der Waals surface area contributed by atoms with Crippen LogP contribution in [0.4, 0.5) is 0 Å². The Morgan fingerprint density at radius 3 is 2.39 bits per heavy atom. The molecule has 5 nitrogen and oxygen atoms in total. The third kappa shape index (κ3) is 4.62. The summed E-state index contributed by atoms with van der Waals surface area (Å²) in [6, 6.07) is 6.70. The zero-order chi connectivity index (χ0) is 16.9. The largest absolute Gasteiger partial charge is 0.314 e. The van der Waals surface area contributed by atoms with Gasteiger partial charge in [-0.3, -0.25) is 0 Å². The molecule has 1 aromatic rings. The van der Waals surface area contributed by atoms with Gasteiger partial charge in [-0.1, -0.05) is 24.6 Å². The van der Waals surface area contributed by atoms with Crippen LogP contribution >= 0.6 is 0 Å². The maximum Gasteiger partial charge on any atom is 0.188 e. The summed E-state index contributed by atoms with van der Waals surface area (Å²) in [6.07, 6.45) is 1.30. The zero-order valence-electron chi connectivity index (χ0n) is 13.9. The minimum atomic E-state index is -3.62. The summed E-state index contributed by atoms with van der Waals surface area (Å²) in [7, 11) is -3.62. The molecule has 0 amide bonds. The summed E-state index contributed by atoms with van der Waals surface area (Å²) >= 11 is 0. The van der Waals surface area contributed by atoms with E-state index in [4.69, 9.17) is 0 Å². The normalized spacial score (nSPS) is 19.2. The van der Waals surface area contributed by atoms with Gasteiger partial charge in [0.05, 0.1) is 4.90 Å². The highest BCUT2D eigenvalue weighted by atomic mass is 32.2. The Kier molecular flexibility index (Phi) is 6.33. The molecule has 1 heterocycles. The van der Waals surface area contributed by atoms with Crippen LogP contribution in [0.3, 0.4) is 0 Å². The van der Waals surface area contributed by atoms with Crippen molar-refractivity contribution in [2.24, 2.45) is 5.92 Å². The Labute approximate surface area is 139 Å². The molecule has 1 fully saturated rings. The third-order valence-electron chi connectivity index (χ3n) is 4.51. The summed E-state index contributed by atoms with van der Waals surface area (Å²) in [5, 5.41) is 2.31. The van der Waals surface area contributed by atoms with Crippen LogP contribution in [-0.4, -0.2) is 57.6 Å². The Bertz CT molecular complexity index is 607. The van der Waals surface area contributed by atoms with Gasteiger partial charge in [0, 0.05) is 26.2 Å². The first-order valence-corrected chi connectivity index (χ1v) is 9.68. The lowest BCUT2D eigenvalue weighted by Crippen LogP contribution is -2.44. The molecular formula is C17H26N2O3S. The van der Waals surface area contributed by atoms with Gasteiger partial charge in [0.1, 0.15) is 11.5 Å². The lowest BCUT2D eigenvalue weighted by atomic mass is 10.0. The molecule has 0 bridgehead atoms. The second-order valence-electron chi connectivity index (χ2n) is 6.32. The molecule has 1 saturated heterocycles. The first-order valence-electron chi connectivity index (χ1n) is 8.14. The van der Waals surface area contributed by atoms with E-state index in [1.54, 1.807) is 24.3 Å². The number of carbonyl (C=O) groups is 1. The van der Waals surface area contributed by atoms with Crippen LogP contribution in [0.5, 0.6) is 0 Å². The number of aldehydes is 1.